The van der Waals surface area contributed by atoms with Crippen molar-refractivity contribution in [2.75, 3.05) is 0 Å². The van der Waals surface area contributed by atoms with Gasteiger partial charge in [0.1, 0.15) is 16.9 Å². The predicted octanol–water partition coefficient (Wildman–Crippen LogP) is 4.36. The van der Waals surface area contributed by atoms with Crippen molar-refractivity contribution in [3.8, 4) is 0 Å². The van der Waals surface area contributed by atoms with E-state index in [0.717, 1.165) is 36.6 Å². The fourth-order valence-electron chi connectivity index (χ4n) is 4.67. The van der Waals surface area contributed by atoms with E-state index in [2.05, 4.69) is 9.55 Å². The van der Waals surface area contributed by atoms with E-state index >= 15 is 0 Å². The van der Waals surface area contributed by atoms with E-state index in [1.165, 1.54) is 10.4 Å². The molecule has 3 aromatic heterocycles. The van der Waals surface area contributed by atoms with Crippen molar-refractivity contribution >= 4 is 32.1 Å². The Hall–Kier alpha value is -2.71. The summed E-state index contributed by atoms with van der Waals surface area (Å²) in [5.41, 5.74) is 0.762. The molecule has 4 aromatic rings. The number of aliphatic hydroxyl groups is 1. The number of rotatable bonds is 4. The fraction of sp³-hybridized carbons (Fsp3) is 0.391. The number of nitrogens with zero attached hydrogens (tertiary/aromatic N) is 4. The van der Waals surface area contributed by atoms with Crippen LogP contribution in [0, 0.1) is 0 Å². The third-order valence-corrected chi connectivity index (χ3v) is 7.80. The Morgan fingerprint density at radius 2 is 1.77 bits per heavy atom. The fourth-order valence-corrected chi connectivity index (χ4v) is 6.00. The van der Waals surface area contributed by atoms with E-state index in [1.807, 2.05) is 0 Å². The minimum Gasteiger partial charge on any atom is -0.383 e. The minimum atomic E-state index is -3.78. The van der Waals surface area contributed by atoms with Crippen LogP contribution in [0.5, 0.6) is 0 Å². The Morgan fingerprint density at radius 1 is 1.06 bits per heavy atom. The summed E-state index contributed by atoms with van der Waals surface area (Å²) in [4.78, 5) is 9.41. The Labute approximate surface area is 181 Å². The van der Waals surface area contributed by atoms with Gasteiger partial charge in [-0.25, -0.2) is 22.4 Å². The molecule has 0 unspecified atom stereocenters. The van der Waals surface area contributed by atoms with Crippen LogP contribution in [-0.4, -0.2) is 32.0 Å². The van der Waals surface area contributed by atoms with E-state index in [0.29, 0.717) is 17.0 Å². The van der Waals surface area contributed by atoms with Gasteiger partial charge in [0.2, 0.25) is 0 Å². The van der Waals surface area contributed by atoms with Crippen LogP contribution < -0.4 is 0 Å². The largest absolute Gasteiger partial charge is 0.383 e. The normalized spacial score (nSPS) is 16.4. The third-order valence-electron chi connectivity index (χ3n) is 6.12. The molecule has 0 atom stereocenters. The zero-order chi connectivity index (χ0) is 21.8. The quantitative estimate of drug-likeness (QED) is 0.511. The number of hydrogen-bond acceptors (Lipinski definition) is 5. The molecule has 1 aliphatic rings. The van der Waals surface area contributed by atoms with Crippen LogP contribution in [0.3, 0.4) is 0 Å². The summed E-state index contributed by atoms with van der Waals surface area (Å²) >= 11 is 0. The first kappa shape index (κ1) is 20.2. The Balaban J connectivity index is 1.79. The highest BCUT2D eigenvalue weighted by Gasteiger charge is 2.31. The minimum absolute atomic E-state index is 0.215. The smallest absolute Gasteiger partial charge is 0.269 e. The second-order valence-corrected chi connectivity index (χ2v) is 10.6. The molecule has 3 heterocycles. The Bertz CT molecular complexity index is 1360. The first-order chi connectivity index (χ1) is 14.8. The molecular weight excluding hydrogens is 412 g/mol. The summed E-state index contributed by atoms with van der Waals surface area (Å²) in [5.74, 6) is 0.599. The van der Waals surface area contributed by atoms with Crippen LogP contribution in [0.1, 0.15) is 57.8 Å². The highest BCUT2D eigenvalue weighted by molar-refractivity contribution is 7.90. The molecule has 5 rings (SSSR count). The molecule has 0 bridgehead atoms. The van der Waals surface area contributed by atoms with Gasteiger partial charge in [0, 0.05) is 17.6 Å². The van der Waals surface area contributed by atoms with E-state index in [4.69, 9.17) is 4.98 Å². The van der Waals surface area contributed by atoms with E-state index in [-0.39, 0.29) is 10.9 Å². The summed E-state index contributed by atoms with van der Waals surface area (Å²) in [6.07, 6.45) is 8.68. The van der Waals surface area contributed by atoms with Gasteiger partial charge in [-0.1, -0.05) is 37.5 Å². The van der Waals surface area contributed by atoms with Gasteiger partial charge >= 0.3 is 0 Å². The van der Waals surface area contributed by atoms with Crippen LogP contribution in [0.15, 0.2) is 53.7 Å². The molecule has 0 spiro atoms. The van der Waals surface area contributed by atoms with E-state index in [1.54, 1.807) is 62.6 Å². The van der Waals surface area contributed by atoms with Gasteiger partial charge in [0.05, 0.1) is 16.6 Å². The summed E-state index contributed by atoms with van der Waals surface area (Å²) in [5, 5.41) is 11.6. The maximum absolute atomic E-state index is 13.3. The van der Waals surface area contributed by atoms with Crippen molar-refractivity contribution < 1.29 is 13.5 Å². The molecule has 1 aromatic carbocycles. The van der Waals surface area contributed by atoms with Gasteiger partial charge < -0.3 is 9.67 Å². The number of fused-ring (bicyclic) bond motifs is 3. The summed E-state index contributed by atoms with van der Waals surface area (Å²) in [7, 11) is -3.78. The van der Waals surface area contributed by atoms with Crippen LogP contribution in [0.4, 0.5) is 0 Å². The van der Waals surface area contributed by atoms with Crippen molar-refractivity contribution in [1.29, 1.82) is 0 Å². The molecule has 1 fully saturated rings. The summed E-state index contributed by atoms with van der Waals surface area (Å²) < 4.78 is 29.9. The van der Waals surface area contributed by atoms with Crippen LogP contribution >= 0.6 is 0 Å². The van der Waals surface area contributed by atoms with E-state index in [9.17, 15) is 13.5 Å². The zero-order valence-electron chi connectivity index (χ0n) is 17.7. The maximum atomic E-state index is 13.3. The highest BCUT2D eigenvalue weighted by Crippen LogP contribution is 2.38. The lowest BCUT2D eigenvalue weighted by atomic mass is 9.94. The number of aromatic nitrogens is 4. The van der Waals surface area contributed by atoms with Crippen molar-refractivity contribution in [2.45, 2.75) is 62.5 Å². The van der Waals surface area contributed by atoms with Gasteiger partial charge in [-0.3, -0.25) is 0 Å². The van der Waals surface area contributed by atoms with Crippen LogP contribution in [-0.2, 0) is 15.6 Å². The maximum Gasteiger partial charge on any atom is 0.269 e. The zero-order valence-corrected chi connectivity index (χ0v) is 18.5. The number of pyridine rings is 1. The standard InChI is InChI=1S/C23H26N4O3S/c1-23(2,28)22-25-19-15-24-21-18(20(19)27(22)16-9-5-3-6-10-16)13-14-26(21)31(29,30)17-11-7-4-8-12-17/h4,7-8,11-16,28H,3,5-6,9-10H2,1-2H3. The topological polar surface area (TPSA) is 90.0 Å². The van der Waals surface area contributed by atoms with Gasteiger partial charge in [0.15, 0.2) is 5.65 Å². The summed E-state index contributed by atoms with van der Waals surface area (Å²) in [6, 6.07) is 10.4. The van der Waals surface area contributed by atoms with Gasteiger partial charge in [0.25, 0.3) is 10.0 Å². The molecular formula is C23H26N4O3S. The second kappa shape index (κ2) is 7.17. The monoisotopic (exact) mass is 438 g/mol. The third kappa shape index (κ3) is 3.25. The molecule has 162 valence electrons. The molecule has 31 heavy (non-hydrogen) atoms. The van der Waals surface area contributed by atoms with Crippen LogP contribution in [0.25, 0.3) is 22.1 Å². The molecule has 8 heteroatoms. The molecule has 0 aliphatic heterocycles. The molecule has 1 N–H and O–H groups in total. The van der Waals surface area contributed by atoms with E-state index < -0.39 is 15.6 Å². The van der Waals surface area contributed by atoms with Crippen molar-refractivity contribution in [2.24, 2.45) is 0 Å². The molecule has 7 nitrogen and oxygen atoms in total. The lowest BCUT2D eigenvalue weighted by Crippen LogP contribution is -2.25. The molecule has 0 radical (unpaired) electrons. The van der Waals surface area contributed by atoms with Crippen molar-refractivity contribution in [3.63, 3.8) is 0 Å². The SMILES string of the molecule is CC(C)(O)c1nc2cnc3c(ccn3S(=O)(=O)c3ccccc3)c2n1C1CCCCC1. The van der Waals surface area contributed by atoms with Gasteiger partial charge in [-0.2, -0.15) is 0 Å². The first-order valence-corrected chi connectivity index (χ1v) is 12.1. The highest BCUT2D eigenvalue weighted by atomic mass is 32.2. The molecule has 1 aliphatic carbocycles. The molecule has 1 saturated carbocycles. The van der Waals surface area contributed by atoms with Crippen LogP contribution in [0.2, 0.25) is 0 Å². The predicted molar refractivity (Wildman–Crippen MR) is 119 cm³/mol. The number of imidazole rings is 1. The van der Waals surface area contributed by atoms with Crippen molar-refractivity contribution in [3.05, 3.63) is 54.6 Å². The Morgan fingerprint density at radius 3 is 2.45 bits per heavy atom. The van der Waals surface area contributed by atoms with Gasteiger partial charge in [-0.05, 0) is 44.9 Å². The number of benzene rings is 1. The molecule has 0 saturated heterocycles. The summed E-state index contributed by atoms with van der Waals surface area (Å²) in [6.45, 7) is 3.48. The lowest BCUT2D eigenvalue weighted by Gasteiger charge is -2.29. The molecule has 0 amide bonds. The van der Waals surface area contributed by atoms with Gasteiger partial charge in [-0.15, -0.1) is 0 Å². The average Bonchev–Trinajstić information content (AvgIpc) is 3.36. The number of hydrogen-bond donors (Lipinski definition) is 1. The lowest BCUT2D eigenvalue weighted by molar-refractivity contribution is 0.0623. The Kier molecular flexibility index (Phi) is 4.67. The average molecular weight is 439 g/mol. The first-order valence-electron chi connectivity index (χ1n) is 10.7. The second-order valence-electron chi connectivity index (χ2n) is 8.82. The van der Waals surface area contributed by atoms with Crippen molar-refractivity contribution in [1.82, 2.24) is 18.5 Å².